The summed E-state index contributed by atoms with van der Waals surface area (Å²) in [7, 11) is -8.87. The number of aliphatic carboxylic acids is 1. The summed E-state index contributed by atoms with van der Waals surface area (Å²) in [5.74, 6) is -0.844. The lowest BCUT2D eigenvalue weighted by Crippen LogP contribution is -2.29. The Morgan fingerprint density at radius 2 is 1.48 bits per heavy atom. The van der Waals surface area contributed by atoms with Gasteiger partial charge in [-0.15, -0.1) is 0 Å². The molecule has 0 atom stereocenters. The van der Waals surface area contributed by atoms with Gasteiger partial charge in [0.15, 0.2) is 0 Å². The number of non-ortho nitro benzene ring substituents is 1. The number of fused-ring (bicyclic) bond motifs is 1. The average Bonchev–Trinajstić information content (AvgIpc) is 3.35. The molecule has 0 aliphatic carbocycles. The van der Waals surface area contributed by atoms with Gasteiger partial charge in [0.05, 0.1) is 14.7 Å². The molecule has 3 aromatic rings. The van der Waals surface area contributed by atoms with Crippen molar-refractivity contribution in [1.82, 2.24) is 0 Å². The van der Waals surface area contributed by atoms with E-state index in [0.29, 0.717) is 56.5 Å². The van der Waals surface area contributed by atoms with Gasteiger partial charge in [-0.3, -0.25) is 29.0 Å². The maximum absolute atomic E-state index is 12.0. The first-order valence-electron chi connectivity index (χ1n) is 18.8. The number of hydrogen-bond acceptors (Lipinski definition) is 9. The number of nitrogens with zero attached hydrogens (tertiary/aromatic N) is 3. The highest BCUT2D eigenvalue weighted by Crippen LogP contribution is 2.48. The zero-order chi connectivity index (χ0) is 42.9. The zero-order valence-electron chi connectivity index (χ0n) is 33.3. The molecule has 0 aromatic heterocycles. The molecular formula is C43H51N3O10S2. The molecule has 1 aliphatic heterocycles. The number of aliphatic imine (C=N–C) groups is 1. The van der Waals surface area contributed by atoms with Gasteiger partial charge >= 0.3 is 5.97 Å². The van der Waals surface area contributed by atoms with Crippen LogP contribution >= 0.6 is 0 Å². The topological polar surface area (TPSA) is 205 Å². The summed E-state index contributed by atoms with van der Waals surface area (Å²) in [5, 5.41) is 20.1. The van der Waals surface area contributed by atoms with E-state index in [1.165, 1.54) is 36.4 Å². The second kappa shape index (κ2) is 19.0. The summed E-state index contributed by atoms with van der Waals surface area (Å²) < 4.78 is 67.5. The molecule has 0 amide bonds. The summed E-state index contributed by atoms with van der Waals surface area (Å²) in [6.45, 7) is 10.7. The van der Waals surface area contributed by atoms with Gasteiger partial charge in [0.1, 0.15) is 0 Å². The molecule has 0 radical (unpaired) electrons. The number of nitro groups is 1. The van der Waals surface area contributed by atoms with Crippen LogP contribution in [0.1, 0.15) is 82.1 Å². The monoisotopic (exact) mass is 833 g/mol. The fraction of sp³-hybridized carbons (Fsp3) is 0.349. The van der Waals surface area contributed by atoms with Crippen LogP contribution in [0.3, 0.4) is 0 Å². The number of aryl methyl sites for hydroxylation is 2. The van der Waals surface area contributed by atoms with Crippen molar-refractivity contribution in [3.8, 4) is 0 Å². The van der Waals surface area contributed by atoms with Gasteiger partial charge in [0, 0.05) is 59.6 Å². The number of carboxylic acid groups (broad SMARTS) is 1. The molecule has 0 bridgehead atoms. The first kappa shape index (κ1) is 45.5. The van der Waals surface area contributed by atoms with Crippen molar-refractivity contribution in [2.75, 3.05) is 18.0 Å². The van der Waals surface area contributed by atoms with Crippen molar-refractivity contribution >= 4 is 43.3 Å². The van der Waals surface area contributed by atoms with E-state index >= 15 is 0 Å². The molecule has 13 nitrogen and oxygen atoms in total. The van der Waals surface area contributed by atoms with Crippen molar-refractivity contribution in [2.45, 2.75) is 93.8 Å². The molecule has 1 heterocycles. The van der Waals surface area contributed by atoms with Crippen molar-refractivity contribution in [1.29, 1.82) is 0 Å². The van der Waals surface area contributed by atoms with Gasteiger partial charge in [-0.05, 0) is 97.3 Å². The lowest BCUT2D eigenvalue weighted by Gasteiger charge is -2.28. The molecule has 310 valence electrons. The minimum Gasteiger partial charge on any atom is -0.481 e. The number of carbonyl (C=O) groups is 1. The van der Waals surface area contributed by atoms with Crippen molar-refractivity contribution in [3.63, 3.8) is 0 Å². The third kappa shape index (κ3) is 11.7. The summed E-state index contributed by atoms with van der Waals surface area (Å²) in [6, 6.07) is 15.4. The highest BCUT2D eigenvalue weighted by molar-refractivity contribution is 7.86. The molecule has 0 spiro atoms. The van der Waals surface area contributed by atoms with Gasteiger partial charge in [-0.2, -0.15) is 16.8 Å². The van der Waals surface area contributed by atoms with Crippen LogP contribution in [0, 0.1) is 17.0 Å². The Kier molecular flexibility index (Phi) is 14.9. The Balaban J connectivity index is 1.59. The van der Waals surface area contributed by atoms with Crippen LogP contribution in [0.5, 0.6) is 0 Å². The number of rotatable bonds is 19. The standard InChI is InChI=1S/C43H51N3O10S2/c1-31-19-24-34(57(51,52)53)29-36(31)42(2,3)39(44-27-14-15-32-20-22-33(23-21-32)46(49)50)16-10-7-6-8-11-17-40-43(4,5)37-30-35(58(54,55)56)25-26-38(37)45(40)28-13-9-12-18-41(47)48/h6-8,10-11,16-17,19-26,29-30H,9,12-15,18,27-28H2,1-5H3,(H,47,48)(H,51,52,53)(H,54,55,56)/b7-6+,11-8+,16-10+,40-17+,44-39?. The second-order valence-electron chi connectivity index (χ2n) is 15.2. The molecule has 0 saturated heterocycles. The van der Waals surface area contributed by atoms with E-state index in [-0.39, 0.29) is 21.9 Å². The van der Waals surface area contributed by atoms with Crippen LogP contribution in [-0.4, -0.2) is 60.7 Å². The summed E-state index contributed by atoms with van der Waals surface area (Å²) in [5.41, 5.74) is 4.17. The van der Waals surface area contributed by atoms with Crippen LogP contribution < -0.4 is 4.90 Å². The van der Waals surface area contributed by atoms with Crippen LogP contribution in [0.15, 0.2) is 124 Å². The smallest absolute Gasteiger partial charge is 0.303 e. The number of benzene rings is 3. The molecule has 0 fully saturated rings. The predicted octanol–water partition coefficient (Wildman–Crippen LogP) is 8.74. The Hall–Kier alpha value is -5.22. The highest BCUT2D eigenvalue weighted by atomic mass is 32.2. The minimum atomic E-state index is -4.45. The molecule has 58 heavy (non-hydrogen) atoms. The van der Waals surface area contributed by atoms with E-state index < -0.39 is 42.0 Å². The van der Waals surface area contributed by atoms with Crippen molar-refractivity contribution in [2.24, 2.45) is 4.99 Å². The van der Waals surface area contributed by atoms with E-state index in [9.17, 15) is 40.8 Å². The number of anilines is 1. The van der Waals surface area contributed by atoms with Gasteiger partial charge < -0.3 is 10.0 Å². The lowest BCUT2D eigenvalue weighted by atomic mass is 9.77. The molecule has 4 rings (SSSR count). The summed E-state index contributed by atoms with van der Waals surface area (Å²) in [6.07, 6.45) is 16.3. The zero-order valence-corrected chi connectivity index (χ0v) is 35.0. The number of carboxylic acids is 1. The molecule has 15 heteroatoms. The third-order valence-electron chi connectivity index (χ3n) is 10.3. The number of unbranched alkanes of at least 4 members (excludes halogenated alkanes) is 2. The fourth-order valence-corrected chi connectivity index (χ4v) is 8.08. The number of nitro benzene ring substituents is 1. The first-order chi connectivity index (χ1) is 27.1. The van der Waals surface area contributed by atoms with Crippen molar-refractivity contribution < 1.29 is 40.8 Å². The van der Waals surface area contributed by atoms with E-state index in [4.69, 9.17) is 10.1 Å². The van der Waals surface area contributed by atoms with Gasteiger partial charge in [-0.25, -0.2) is 0 Å². The minimum absolute atomic E-state index is 0.0199. The maximum atomic E-state index is 12.0. The third-order valence-corrected chi connectivity index (χ3v) is 12.0. The van der Waals surface area contributed by atoms with Crippen LogP contribution in [0.4, 0.5) is 11.4 Å². The second-order valence-corrected chi connectivity index (χ2v) is 18.0. The molecule has 0 saturated carbocycles. The molecule has 1 aliphatic rings. The molecule has 3 N–H and O–H groups in total. The molecular weight excluding hydrogens is 783 g/mol. The van der Waals surface area contributed by atoms with Gasteiger partial charge in [0.2, 0.25) is 0 Å². The highest BCUT2D eigenvalue weighted by Gasteiger charge is 2.40. The normalized spacial score (nSPS) is 15.6. The fourth-order valence-electron chi connectivity index (χ4n) is 7.06. The lowest BCUT2D eigenvalue weighted by molar-refractivity contribution is -0.384. The van der Waals surface area contributed by atoms with Gasteiger partial charge in [0.25, 0.3) is 25.9 Å². The molecule has 0 unspecified atom stereocenters. The molecule has 3 aromatic carbocycles. The largest absolute Gasteiger partial charge is 0.481 e. The Morgan fingerprint density at radius 1 is 0.862 bits per heavy atom. The average molecular weight is 834 g/mol. The summed E-state index contributed by atoms with van der Waals surface area (Å²) in [4.78, 5) is 28.2. The van der Waals surface area contributed by atoms with E-state index in [2.05, 4.69) is 4.90 Å². The maximum Gasteiger partial charge on any atom is 0.303 e. The predicted molar refractivity (Wildman–Crippen MR) is 226 cm³/mol. The van der Waals surface area contributed by atoms with Crippen LogP contribution in [0.2, 0.25) is 0 Å². The Labute approximate surface area is 340 Å². The first-order valence-corrected chi connectivity index (χ1v) is 21.7. The Morgan fingerprint density at radius 3 is 2.12 bits per heavy atom. The Bertz CT molecular complexity index is 2380. The summed E-state index contributed by atoms with van der Waals surface area (Å²) >= 11 is 0. The van der Waals surface area contributed by atoms with E-state index in [0.717, 1.165) is 28.1 Å². The van der Waals surface area contributed by atoms with Gasteiger partial charge in [-0.1, -0.05) is 82.7 Å². The quantitative estimate of drug-likeness (QED) is 0.0260. The number of hydrogen-bond donors (Lipinski definition) is 3. The van der Waals surface area contributed by atoms with E-state index in [1.54, 1.807) is 24.3 Å². The van der Waals surface area contributed by atoms with Crippen LogP contribution in [-0.2, 0) is 42.3 Å². The number of allylic oxidation sites excluding steroid dienone is 8. The SMILES string of the molecule is Cc1ccc(S(=O)(=O)O)cc1C(C)(C)C(/C=C/C=C/C=C/C=C1/N(CCCCCC(=O)O)c2ccc(S(=O)(=O)O)cc2C1(C)C)=NCCCc1ccc([N+](=O)[O-])cc1. The van der Waals surface area contributed by atoms with Crippen LogP contribution in [0.25, 0.3) is 0 Å². The van der Waals surface area contributed by atoms with Crippen molar-refractivity contribution in [3.05, 3.63) is 141 Å². The van der Waals surface area contributed by atoms with E-state index in [1.807, 2.05) is 77.2 Å².